The van der Waals surface area contributed by atoms with Crippen molar-refractivity contribution in [3.63, 3.8) is 0 Å². The Morgan fingerprint density at radius 2 is 2.20 bits per heavy atom. The molecule has 0 saturated heterocycles. The molecule has 1 rings (SSSR count). The normalized spacial score (nSPS) is 9.20. The fraction of sp³-hybridized carbons (Fsp3) is 0. The number of carbonyl (C=O) groups is 1. The average Bonchev–Trinajstić information content (AvgIpc) is 2.60. The van der Waals surface area contributed by atoms with Crippen molar-refractivity contribution in [3.8, 4) is 6.07 Å². The van der Waals surface area contributed by atoms with E-state index in [-0.39, 0.29) is 15.9 Å². The minimum atomic E-state index is -0.601. The van der Waals surface area contributed by atoms with Crippen LogP contribution in [0.5, 0.6) is 0 Å². The van der Waals surface area contributed by atoms with Crippen LogP contribution >= 0.6 is 39.1 Å². The van der Waals surface area contributed by atoms with Gasteiger partial charge in [-0.15, -0.1) is 0 Å². The molecule has 0 bridgehead atoms. The van der Waals surface area contributed by atoms with Crippen molar-refractivity contribution in [2.45, 2.75) is 0 Å². The number of nitriles is 1. The summed E-state index contributed by atoms with van der Waals surface area (Å²) < 4.78 is 5.06. The lowest BCUT2D eigenvalue weighted by molar-refractivity contribution is 0.0939. The Bertz CT molecular complexity index is 457. The van der Waals surface area contributed by atoms with E-state index < -0.39 is 5.91 Å². The number of hydrogen-bond acceptors (Lipinski definition) is 3. The molecule has 1 aromatic rings. The lowest BCUT2D eigenvalue weighted by Gasteiger charge is -1.99. The zero-order valence-electron chi connectivity index (χ0n) is 7.05. The Morgan fingerprint density at radius 3 is 2.60 bits per heavy atom. The molecule has 1 amide bonds. The molecule has 0 aromatic carbocycles. The molecule has 0 unspecified atom stereocenters. The molecule has 0 saturated carbocycles. The number of nitrogens with one attached hydrogen (secondary N) is 1. The minimum absolute atomic E-state index is 0.0456. The van der Waals surface area contributed by atoms with Crippen LogP contribution in [-0.4, -0.2) is 5.91 Å². The first kappa shape index (κ1) is 12.1. The molecule has 78 valence electrons. The Balaban J connectivity index is 2.82. The summed E-state index contributed by atoms with van der Waals surface area (Å²) in [6.07, 6.45) is 0. The van der Waals surface area contributed by atoms with Gasteiger partial charge in [0.1, 0.15) is 10.6 Å². The molecule has 0 fully saturated rings. The number of carbonyl (C=O) groups excluding carboxylic acids is 1. The maximum atomic E-state index is 11.4. The predicted octanol–water partition coefficient (Wildman–Crippen LogP) is 2.94. The molecule has 4 nitrogen and oxygen atoms in total. The van der Waals surface area contributed by atoms with E-state index >= 15 is 0 Å². The largest absolute Gasteiger partial charge is 0.444 e. The van der Waals surface area contributed by atoms with E-state index in [2.05, 4.69) is 21.2 Å². The Morgan fingerprint density at radius 1 is 1.53 bits per heavy atom. The van der Waals surface area contributed by atoms with Crippen LogP contribution in [0.25, 0.3) is 0 Å². The maximum absolute atomic E-state index is 11.4. The zero-order chi connectivity index (χ0) is 11.4. The van der Waals surface area contributed by atoms with Gasteiger partial charge in [-0.25, -0.2) is 0 Å². The van der Waals surface area contributed by atoms with Gasteiger partial charge in [-0.2, -0.15) is 5.26 Å². The summed E-state index contributed by atoms with van der Waals surface area (Å²) >= 11 is 13.7. The van der Waals surface area contributed by atoms with Crippen molar-refractivity contribution >= 4 is 45.0 Å². The van der Waals surface area contributed by atoms with E-state index in [1.807, 2.05) is 0 Å². The third-order valence-electron chi connectivity index (χ3n) is 1.34. The maximum Gasteiger partial charge on any atom is 0.292 e. The van der Waals surface area contributed by atoms with Crippen LogP contribution < -0.4 is 5.32 Å². The molecule has 7 heteroatoms. The quantitative estimate of drug-likeness (QED) is 0.854. The second-order valence-electron chi connectivity index (χ2n) is 2.31. The Labute approximate surface area is 104 Å². The summed E-state index contributed by atoms with van der Waals surface area (Å²) in [4.78, 5) is 11.4. The van der Waals surface area contributed by atoms with Gasteiger partial charge in [0, 0.05) is 0 Å². The highest BCUT2D eigenvalue weighted by atomic mass is 79.9. The van der Waals surface area contributed by atoms with E-state index in [9.17, 15) is 4.79 Å². The smallest absolute Gasteiger partial charge is 0.292 e. The fourth-order valence-electron chi connectivity index (χ4n) is 0.729. The lowest BCUT2D eigenvalue weighted by atomic mass is 10.4. The van der Waals surface area contributed by atoms with Crippen molar-refractivity contribution in [3.05, 3.63) is 32.8 Å². The Kier molecular flexibility index (Phi) is 4.21. The molecule has 15 heavy (non-hydrogen) atoms. The zero-order valence-corrected chi connectivity index (χ0v) is 10.2. The van der Waals surface area contributed by atoms with Crippen molar-refractivity contribution in [2.24, 2.45) is 0 Å². The first-order chi connectivity index (χ1) is 7.04. The summed E-state index contributed by atoms with van der Waals surface area (Å²) in [6, 6.07) is 4.63. The number of rotatable bonds is 2. The predicted molar refractivity (Wildman–Crippen MR) is 58.2 cm³/mol. The van der Waals surface area contributed by atoms with Gasteiger partial charge in [0.25, 0.3) is 5.91 Å². The number of hydrogen-bond donors (Lipinski definition) is 1. The van der Waals surface area contributed by atoms with E-state index in [4.69, 9.17) is 32.9 Å². The molecule has 0 aliphatic rings. The highest BCUT2D eigenvalue weighted by molar-refractivity contribution is 9.10. The minimum Gasteiger partial charge on any atom is -0.444 e. The topological polar surface area (TPSA) is 66.0 Å². The van der Waals surface area contributed by atoms with Crippen LogP contribution in [0.4, 0.5) is 0 Å². The summed E-state index contributed by atoms with van der Waals surface area (Å²) in [5.41, 5.74) is -0.226. The summed E-state index contributed by atoms with van der Waals surface area (Å²) in [6.45, 7) is 0. The van der Waals surface area contributed by atoms with Gasteiger partial charge >= 0.3 is 0 Å². The van der Waals surface area contributed by atoms with E-state index in [1.165, 1.54) is 6.07 Å². The van der Waals surface area contributed by atoms with Crippen LogP contribution in [0, 0.1) is 11.3 Å². The van der Waals surface area contributed by atoms with Gasteiger partial charge in [0.15, 0.2) is 16.1 Å². The first-order valence-corrected chi connectivity index (χ1v) is 5.11. The van der Waals surface area contributed by atoms with Crippen LogP contribution in [0.3, 0.4) is 0 Å². The molecule has 1 N–H and O–H groups in total. The molecule has 0 aliphatic carbocycles. The van der Waals surface area contributed by atoms with Gasteiger partial charge in [-0.05, 0) is 28.1 Å². The Hall–Kier alpha value is -0.960. The summed E-state index contributed by atoms with van der Waals surface area (Å²) in [5.74, 6) is -0.555. The van der Waals surface area contributed by atoms with Crippen molar-refractivity contribution in [1.29, 1.82) is 5.26 Å². The molecule has 1 aromatic heterocycles. The van der Waals surface area contributed by atoms with Crippen LogP contribution in [0.2, 0.25) is 0 Å². The number of amides is 1. The standard InChI is InChI=1S/C8H3BrCl2N2O2/c9-6-2-1-5(15-6)8(14)13-4(3-12)7(10)11/h1-2H,(H,13,14). The monoisotopic (exact) mass is 308 g/mol. The van der Waals surface area contributed by atoms with Gasteiger partial charge in [-0.3, -0.25) is 4.79 Å². The van der Waals surface area contributed by atoms with Gasteiger partial charge in [0.2, 0.25) is 0 Å². The average molecular weight is 310 g/mol. The summed E-state index contributed by atoms with van der Waals surface area (Å²) in [5, 5.41) is 10.8. The molecule has 0 spiro atoms. The second kappa shape index (κ2) is 5.21. The molecular weight excluding hydrogens is 307 g/mol. The first-order valence-electron chi connectivity index (χ1n) is 3.56. The van der Waals surface area contributed by atoms with E-state index in [1.54, 1.807) is 12.1 Å². The van der Waals surface area contributed by atoms with Crippen LogP contribution in [-0.2, 0) is 0 Å². The number of allylic oxidation sites excluding steroid dienone is 1. The van der Waals surface area contributed by atoms with Crippen LogP contribution in [0.1, 0.15) is 10.6 Å². The lowest BCUT2D eigenvalue weighted by Crippen LogP contribution is -2.21. The fourth-order valence-corrected chi connectivity index (χ4v) is 1.21. The van der Waals surface area contributed by atoms with Crippen molar-refractivity contribution in [2.75, 3.05) is 0 Å². The van der Waals surface area contributed by atoms with Crippen molar-refractivity contribution in [1.82, 2.24) is 5.32 Å². The van der Waals surface area contributed by atoms with Gasteiger partial charge in [0.05, 0.1) is 0 Å². The number of furan rings is 1. The SMILES string of the molecule is N#CC(NC(=O)c1ccc(Br)o1)=C(Cl)Cl. The molecular formula is C8H3BrCl2N2O2. The third-order valence-corrected chi connectivity index (χ3v) is 2.14. The molecule has 1 heterocycles. The number of nitrogens with zero attached hydrogens (tertiary/aromatic N) is 1. The van der Waals surface area contributed by atoms with Crippen molar-refractivity contribution < 1.29 is 9.21 Å². The third kappa shape index (κ3) is 3.27. The second-order valence-corrected chi connectivity index (χ2v) is 4.04. The number of halogens is 3. The van der Waals surface area contributed by atoms with E-state index in [0.717, 1.165) is 0 Å². The highest BCUT2D eigenvalue weighted by Gasteiger charge is 2.13. The highest BCUT2D eigenvalue weighted by Crippen LogP contribution is 2.15. The van der Waals surface area contributed by atoms with Gasteiger partial charge in [-0.1, -0.05) is 23.2 Å². The van der Waals surface area contributed by atoms with Gasteiger partial charge < -0.3 is 9.73 Å². The summed E-state index contributed by atoms with van der Waals surface area (Å²) in [7, 11) is 0. The molecule has 0 aliphatic heterocycles. The molecule has 0 atom stereocenters. The van der Waals surface area contributed by atoms with E-state index in [0.29, 0.717) is 4.67 Å². The molecule has 0 radical (unpaired) electrons. The van der Waals surface area contributed by atoms with Crippen LogP contribution in [0.15, 0.2) is 31.4 Å².